The molecule has 4 radical (unpaired) electrons. The fourth-order valence-electron chi connectivity index (χ4n) is 2.21. The first-order valence-corrected chi connectivity index (χ1v) is 8.63. The zero-order valence-corrected chi connectivity index (χ0v) is 14.1. The molecule has 0 amide bonds. The third-order valence-electron chi connectivity index (χ3n) is 3.55. The lowest BCUT2D eigenvalue weighted by Gasteiger charge is -2.15. The molecule has 0 saturated carbocycles. The molecule has 0 aliphatic rings. The molecule has 0 bridgehead atoms. The van der Waals surface area contributed by atoms with Gasteiger partial charge in [-0.25, -0.2) is 0 Å². The maximum Gasteiger partial charge on any atom is 0.303 e. The van der Waals surface area contributed by atoms with Gasteiger partial charge in [-0.15, -0.1) is 0 Å². The number of allylic oxidation sites excluding steroid dienone is 4. The van der Waals surface area contributed by atoms with Gasteiger partial charge in [-0.1, -0.05) is 68.5 Å². The highest BCUT2D eigenvalue weighted by molar-refractivity contribution is 6.42. The zero-order valence-electron chi connectivity index (χ0n) is 14.1. The lowest BCUT2D eigenvalue weighted by molar-refractivity contribution is -0.137. The van der Waals surface area contributed by atoms with Crippen molar-refractivity contribution in [1.82, 2.24) is 0 Å². The molecule has 2 nitrogen and oxygen atoms in total. The molecular weight excluding hydrogens is 270 g/mol. The fraction of sp³-hybridized carbons (Fsp3) is 0.722. The van der Waals surface area contributed by atoms with Crippen molar-refractivity contribution in [2.45, 2.75) is 82.8 Å². The minimum absolute atomic E-state index is 0.285. The number of carboxylic acids is 1. The van der Waals surface area contributed by atoms with Crippen LogP contribution in [-0.2, 0) is 4.79 Å². The maximum atomic E-state index is 10.4. The van der Waals surface area contributed by atoms with Gasteiger partial charge in [0.2, 0.25) is 0 Å². The van der Waals surface area contributed by atoms with E-state index in [2.05, 4.69) is 13.0 Å². The standard InChI is InChI=1S/C18H30B2O2/c1-2-3-4-9-12-15-18(19,20)16-13-10-7-5-6-8-11-14-17(21)22/h12-13,15-16H,2-11,14H2,1H3,(H,21,22)/b15-12-,16-13-. The molecule has 0 fully saturated rings. The first-order valence-electron chi connectivity index (χ1n) is 8.63. The summed E-state index contributed by atoms with van der Waals surface area (Å²) in [6.45, 7) is 2.19. The minimum Gasteiger partial charge on any atom is -0.481 e. The van der Waals surface area contributed by atoms with Crippen molar-refractivity contribution in [2.24, 2.45) is 0 Å². The van der Waals surface area contributed by atoms with Crippen molar-refractivity contribution < 1.29 is 9.90 Å². The van der Waals surface area contributed by atoms with Crippen LogP contribution in [0.4, 0.5) is 0 Å². The van der Waals surface area contributed by atoms with Gasteiger partial charge in [0.25, 0.3) is 0 Å². The van der Waals surface area contributed by atoms with Crippen LogP contribution in [-0.4, -0.2) is 26.8 Å². The van der Waals surface area contributed by atoms with Gasteiger partial charge in [0.15, 0.2) is 0 Å². The van der Waals surface area contributed by atoms with Crippen LogP contribution in [0.3, 0.4) is 0 Å². The average molecular weight is 300 g/mol. The molecule has 0 unspecified atom stereocenters. The number of hydrogen-bond acceptors (Lipinski definition) is 1. The van der Waals surface area contributed by atoms with Gasteiger partial charge in [0, 0.05) is 6.42 Å². The third-order valence-corrected chi connectivity index (χ3v) is 3.55. The first kappa shape index (κ1) is 21.1. The van der Waals surface area contributed by atoms with Gasteiger partial charge >= 0.3 is 5.97 Å². The quantitative estimate of drug-likeness (QED) is 0.280. The normalized spacial score (nSPS) is 12.4. The molecule has 0 saturated heterocycles. The van der Waals surface area contributed by atoms with Crippen molar-refractivity contribution in [3.8, 4) is 0 Å². The number of aliphatic carboxylic acids is 1. The van der Waals surface area contributed by atoms with Crippen LogP contribution >= 0.6 is 0 Å². The van der Waals surface area contributed by atoms with Gasteiger partial charge in [0.05, 0.1) is 15.7 Å². The molecule has 0 aromatic rings. The SMILES string of the molecule is [B]C([B])(/C=C\CCCCC)/C=C\CCCCCCCC(=O)O. The summed E-state index contributed by atoms with van der Waals surface area (Å²) in [6, 6.07) is 0. The minimum atomic E-state index is -0.840. The van der Waals surface area contributed by atoms with Crippen molar-refractivity contribution in [3.63, 3.8) is 0 Å². The Bertz CT molecular complexity index is 336. The highest BCUT2D eigenvalue weighted by atomic mass is 16.4. The molecule has 0 heterocycles. The van der Waals surface area contributed by atoms with E-state index < -0.39 is 11.2 Å². The molecule has 4 heteroatoms. The van der Waals surface area contributed by atoms with Crippen LogP contribution in [0.2, 0.25) is 5.21 Å². The summed E-state index contributed by atoms with van der Waals surface area (Å²) in [5.74, 6) is -0.701. The van der Waals surface area contributed by atoms with E-state index in [0.717, 1.165) is 44.9 Å². The molecule has 22 heavy (non-hydrogen) atoms. The molecule has 0 aromatic carbocycles. The summed E-state index contributed by atoms with van der Waals surface area (Å²) >= 11 is 0. The summed E-state index contributed by atoms with van der Waals surface area (Å²) in [5.41, 5.74) is 0. The van der Waals surface area contributed by atoms with E-state index in [4.69, 9.17) is 20.8 Å². The number of carboxylic acid groups (broad SMARTS) is 1. The Morgan fingerprint density at radius 2 is 1.41 bits per heavy atom. The van der Waals surface area contributed by atoms with E-state index in [9.17, 15) is 4.79 Å². The van der Waals surface area contributed by atoms with E-state index in [1.807, 2.05) is 18.2 Å². The predicted molar refractivity (Wildman–Crippen MR) is 96.6 cm³/mol. The van der Waals surface area contributed by atoms with Gasteiger partial charge in [-0.2, -0.15) is 0 Å². The average Bonchev–Trinajstić information content (AvgIpc) is 2.45. The Morgan fingerprint density at radius 1 is 0.909 bits per heavy atom. The zero-order chi connectivity index (χ0) is 16.7. The lowest BCUT2D eigenvalue weighted by atomic mass is 9.54. The van der Waals surface area contributed by atoms with Gasteiger partial charge in [0.1, 0.15) is 0 Å². The molecule has 0 spiro atoms. The van der Waals surface area contributed by atoms with Crippen LogP contribution < -0.4 is 0 Å². The third kappa shape index (κ3) is 15.5. The highest BCUT2D eigenvalue weighted by Crippen LogP contribution is 2.21. The molecule has 1 N–H and O–H groups in total. The summed E-state index contributed by atoms with van der Waals surface area (Å²) in [4.78, 5) is 10.4. The molecule has 0 aromatic heterocycles. The Hall–Kier alpha value is -0.920. The molecule has 0 rings (SSSR count). The largest absolute Gasteiger partial charge is 0.481 e. The fourth-order valence-corrected chi connectivity index (χ4v) is 2.21. The highest BCUT2D eigenvalue weighted by Gasteiger charge is 2.06. The number of carbonyl (C=O) groups is 1. The summed E-state index contributed by atoms with van der Waals surface area (Å²) in [6.07, 6.45) is 18.9. The van der Waals surface area contributed by atoms with Crippen LogP contribution in [0.5, 0.6) is 0 Å². The van der Waals surface area contributed by atoms with Crippen LogP contribution in [0.1, 0.15) is 77.6 Å². The van der Waals surface area contributed by atoms with Crippen molar-refractivity contribution >= 4 is 21.7 Å². The second kappa shape index (κ2) is 13.7. The van der Waals surface area contributed by atoms with Crippen molar-refractivity contribution in [2.75, 3.05) is 0 Å². The maximum absolute atomic E-state index is 10.4. The Morgan fingerprint density at radius 3 is 1.95 bits per heavy atom. The van der Waals surface area contributed by atoms with E-state index in [-0.39, 0.29) is 6.42 Å². The Kier molecular flexibility index (Phi) is 13.1. The summed E-state index contributed by atoms with van der Waals surface area (Å²) in [7, 11) is 12.0. The smallest absolute Gasteiger partial charge is 0.303 e. The molecule has 120 valence electrons. The van der Waals surface area contributed by atoms with Crippen molar-refractivity contribution in [3.05, 3.63) is 24.3 Å². The first-order chi connectivity index (χ1) is 10.5. The topological polar surface area (TPSA) is 37.3 Å². The summed E-state index contributed by atoms with van der Waals surface area (Å²) < 4.78 is 0. The molecular formula is C18H30B2O2. The second-order valence-electron chi connectivity index (χ2n) is 6.00. The number of rotatable bonds is 14. The lowest BCUT2D eigenvalue weighted by Crippen LogP contribution is -2.05. The molecule has 0 aliphatic heterocycles. The van der Waals surface area contributed by atoms with Gasteiger partial charge < -0.3 is 5.11 Å². The predicted octanol–water partition coefficient (Wildman–Crippen LogP) is 4.95. The van der Waals surface area contributed by atoms with Crippen LogP contribution in [0.15, 0.2) is 24.3 Å². The monoisotopic (exact) mass is 300 g/mol. The Balaban J connectivity index is 3.62. The van der Waals surface area contributed by atoms with Gasteiger partial charge in [-0.05, 0) is 32.1 Å². The van der Waals surface area contributed by atoms with E-state index in [1.54, 1.807) is 0 Å². The Labute approximate surface area is 139 Å². The second-order valence-corrected chi connectivity index (χ2v) is 6.00. The van der Waals surface area contributed by atoms with Gasteiger partial charge in [-0.3, -0.25) is 4.79 Å². The number of hydrogen-bond donors (Lipinski definition) is 1. The number of unbranched alkanes of at least 4 members (excludes halogenated alkanes) is 8. The van der Waals surface area contributed by atoms with E-state index in [1.165, 1.54) is 19.3 Å². The van der Waals surface area contributed by atoms with Crippen LogP contribution in [0.25, 0.3) is 0 Å². The van der Waals surface area contributed by atoms with E-state index in [0.29, 0.717) is 0 Å². The van der Waals surface area contributed by atoms with Crippen LogP contribution in [0, 0.1) is 0 Å². The van der Waals surface area contributed by atoms with E-state index >= 15 is 0 Å². The molecule has 0 aliphatic carbocycles. The molecule has 0 atom stereocenters. The summed E-state index contributed by atoms with van der Waals surface area (Å²) in [5, 5.41) is 7.69. The van der Waals surface area contributed by atoms with Crippen molar-refractivity contribution in [1.29, 1.82) is 0 Å².